The second kappa shape index (κ2) is 7.21. The molecule has 0 radical (unpaired) electrons. The fraction of sp³-hybridized carbons (Fsp3) is 0.882. The molecule has 1 aliphatic heterocycles. The molecule has 2 aliphatic rings. The highest BCUT2D eigenvalue weighted by molar-refractivity contribution is 5.07. The van der Waals surface area contributed by atoms with E-state index in [-0.39, 0.29) is 0 Å². The molecule has 0 aromatic carbocycles. The van der Waals surface area contributed by atoms with E-state index in [1.54, 1.807) is 5.57 Å². The minimum Gasteiger partial charge on any atom is -0.498 e. The molecule has 0 N–H and O–H groups in total. The summed E-state index contributed by atoms with van der Waals surface area (Å²) in [5.74, 6) is 1.87. The molecular formula is C17H30O. The lowest BCUT2D eigenvalue weighted by molar-refractivity contribution is 0.104. The zero-order valence-electron chi connectivity index (χ0n) is 12.3. The van der Waals surface area contributed by atoms with Crippen molar-refractivity contribution < 1.29 is 4.74 Å². The average Bonchev–Trinajstić information content (AvgIpc) is 2.41. The van der Waals surface area contributed by atoms with E-state index in [4.69, 9.17) is 4.74 Å². The van der Waals surface area contributed by atoms with Crippen LogP contribution in [-0.4, -0.2) is 6.10 Å². The van der Waals surface area contributed by atoms with Crippen LogP contribution in [0.5, 0.6) is 0 Å². The predicted octanol–water partition coefficient (Wildman–Crippen LogP) is 5.46. The van der Waals surface area contributed by atoms with Gasteiger partial charge in [-0.1, -0.05) is 33.1 Å². The Morgan fingerprint density at radius 2 is 1.72 bits per heavy atom. The summed E-state index contributed by atoms with van der Waals surface area (Å²) in [5.41, 5.74) is 1.62. The molecule has 0 aromatic rings. The molecular weight excluding hydrogens is 220 g/mol. The molecule has 1 unspecified atom stereocenters. The zero-order valence-corrected chi connectivity index (χ0v) is 12.3. The van der Waals surface area contributed by atoms with Crippen molar-refractivity contribution in [3.05, 3.63) is 11.8 Å². The number of hydrogen-bond donors (Lipinski definition) is 0. The lowest BCUT2D eigenvalue weighted by Gasteiger charge is -2.32. The second-order valence-electron chi connectivity index (χ2n) is 6.28. The summed E-state index contributed by atoms with van der Waals surface area (Å²) in [5, 5.41) is 0. The van der Waals surface area contributed by atoms with Gasteiger partial charge in [0.1, 0.15) is 0 Å². The van der Waals surface area contributed by atoms with E-state index >= 15 is 0 Å². The highest BCUT2D eigenvalue weighted by Gasteiger charge is 2.26. The molecule has 1 nitrogen and oxygen atoms in total. The largest absolute Gasteiger partial charge is 0.498 e. The Bertz CT molecular complexity index is 261. The number of allylic oxidation sites excluding steroid dienone is 1. The standard InChI is InChI=1S/C17H30O/c1-3-5-14-7-9-15(10-8-14)16-11-12-17(6-4-2)18-13-16/h13-15,17H,3-12H2,1-2H3. The van der Waals surface area contributed by atoms with Crippen molar-refractivity contribution in [1.29, 1.82) is 0 Å². The third-order valence-corrected chi connectivity index (χ3v) is 4.85. The van der Waals surface area contributed by atoms with Gasteiger partial charge in [0, 0.05) is 0 Å². The second-order valence-corrected chi connectivity index (χ2v) is 6.28. The maximum Gasteiger partial charge on any atom is 0.0981 e. The van der Waals surface area contributed by atoms with Crippen molar-refractivity contribution in [2.45, 2.75) is 84.2 Å². The van der Waals surface area contributed by atoms with Gasteiger partial charge < -0.3 is 4.74 Å². The zero-order chi connectivity index (χ0) is 12.8. The summed E-state index contributed by atoms with van der Waals surface area (Å²) in [6.45, 7) is 4.56. The van der Waals surface area contributed by atoms with Gasteiger partial charge in [0.05, 0.1) is 12.4 Å². The van der Waals surface area contributed by atoms with Gasteiger partial charge in [-0.15, -0.1) is 0 Å². The molecule has 1 heterocycles. The molecule has 18 heavy (non-hydrogen) atoms. The first kappa shape index (κ1) is 14.0. The Morgan fingerprint density at radius 3 is 2.28 bits per heavy atom. The minimum atomic E-state index is 0.509. The van der Waals surface area contributed by atoms with Crippen LogP contribution in [0, 0.1) is 11.8 Å². The van der Waals surface area contributed by atoms with E-state index in [0.29, 0.717) is 6.10 Å². The van der Waals surface area contributed by atoms with Crippen molar-refractivity contribution in [2.75, 3.05) is 0 Å². The van der Waals surface area contributed by atoms with Gasteiger partial charge in [-0.3, -0.25) is 0 Å². The van der Waals surface area contributed by atoms with Crippen LogP contribution >= 0.6 is 0 Å². The van der Waals surface area contributed by atoms with Gasteiger partial charge in [-0.2, -0.15) is 0 Å². The molecule has 0 amide bonds. The van der Waals surface area contributed by atoms with Crippen molar-refractivity contribution in [3.8, 4) is 0 Å². The van der Waals surface area contributed by atoms with Crippen LogP contribution in [0.4, 0.5) is 0 Å². The maximum absolute atomic E-state index is 5.90. The summed E-state index contributed by atoms with van der Waals surface area (Å²) in [4.78, 5) is 0. The number of ether oxygens (including phenoxy) is 1. The normalized spacial score (nSPS) is 32.8. The monoisotopic (exact) mass is 250 g/mol. The molecule has 1 atom stereocenters. The molecule has 0 aromatic heterocycles. The highest BCUT2D eigenvalue weighted by atomic mass is 16.5. The molecule has 104 valence electrons. The maximum atomic E-state index is 5.90. The molecule has 1 heteroatoms. The van der Waals surface area contributed by atoms with Gasteiger partial charge >= 0.3 is 0 Å². The Labute approximate surface area is 113 Å². The van der Waals surface area contributed by atoms with E-state index in [1.165, 1.54) is 64.2 Å². The Hall–Kier alpha value is -0.460. The van der Waals surface area contributed by atoms with E-state index in [1.807, 2.05) is 0 Å². The van der Waals surface area contributed by atoms with E-state index < -0.39 is 0 Å². The summed E-state index contributed by atoms with van der Waals surface area (Å²) >= 11 is 0. The number of hydrogen-bond acceptors (Lipinski definition) is 1. The van der Waals surface area contributed by atoms with Gasteiger partial charge in [-0.25, -0.2) is 0 Å². The van der Waals surface area contributed by atoms with Crippen molar-refractivity contribution in [3.63, 3.8) is 0 Å². The Balaban J connectivity index is 1.76. The van der Waals surface area contributed by atoms with Gasteiger partial charge in [0.2, 0.25) is 0 Å². The van der Waals surface area contributed by atoms with Crippen LogP contribution in [0.25, 0.3) is 0 Å². The molecule has 1 fully saturated rings. The highest BCUT2D eigenvalue weighted by Crippen LogP contribution is 2.38. The summed E-state index contributed by atoms with van der Waals surface area (Å²) in [6.07, 6.45) is 16.2. The summed E-state index contributed by atoms with van der Waals surface area (Å²) < 4.78 is 5.90. The lowest BCUT2D eigenvalue weighted by Crippen LogP contribution is -2.21. The SMILES string of the molecule is CCCC1CCC(C2=COC(CCC)CC2)CC1. The minimum absolute atomic E-state index is 0.509. The quantitative estimate of drug-likeness (QED) is 0.630. The molecule has 0 spiro atoms. The third kappa shape index (κ3) is 3.76. The van der Waals surface area contributed by atoms with Crippen LogP contribution in [-0.2, 0) is 4.74 Å². The third-order valence-electron chi connectivity index (χ3n) is 4.85. The van der Waals surface area contributed by atoms with Crippen LogP contribution in [0.3, 0.4) is 0 Å². The van der Waals surface area contributed by atoms with E-state index in [2.05, 4.69) is 20.1 Å². The van der Waals surface area contributed by atoms with Crippen LogP contribution in [0.2, 0.25) is 0 Å². The van der Waals surface area contributed by atoms with E-state index in [0.717, 1.165) is 11.8 Å². The van der Waals surface area contributed by atoms with Crippen LogP contribution < -0.4 is 0 Å². The van der Waals surface area contributed by atoms with Crippen molar-refractivity contribution >= 4 is 0 Å². The van der Waals surface area contributed by atoms with Gasteiger partial charge in [0.25, 0.3) is 0 Å². The first-order chi connectivity index (χ1) is 8.83. The molecule has 0 bridgehead atoms. The molecule has 1 saturated carbocycles. The van der Waals surface area contributed by atoms with Crippen LogP contribution in [0.1, 0.15) is 78.1 Å². The fourth-order valence-corrected chi connectivity index (χ4v) is 3.70. The topological polar surface area (TPSA) is 9.23 Å². The summed E-state index contributed by atoms with van der Waals surface area (Å²) in [7, 11) is 0. The van der Waals surface area contributed by atoms with Crippen molar-refractivity contribution in [1.82, 2.24) is 0 Å². The average molecular weight is 250 g/mol. The lowest BCUT2D eigenvalue weighted by atomic mass is 9.76. The van der Waals surface area contributed by atoms with E-state index in [9.17, 15) is 0 Å². The molecule has 0 saturated heterocycles. The predicted molar refractivity (Wildman–Crippen MR) is 77.5 cm³/mol. The fourth-order valence-electron chi connectivity index (χ4n) is 3.70. The van der Waals surface area contributed by atoms with Crippen molar-refractivity contribution in [2.24, 2.45) is 11.8 Å². The first-order valence-corrected chi connectivity index (χ1v) is 8.17. The Kier molecular flexibility index (Phi) is 5.59. The molecule has 1 aliphatic carbocycles. The first-order valence-electron chi connectivity index (χ1n) is 8.17. The smallest absolute Gasteiger partial charge is 0.0981 e. The van der Waals surface area contributed by atoms with Gasteiger partial charge in [0.15, 0.2) is 0 Å². The summed E-state index contributed by atoms with van der Waals surface area (Å²) in [6, 6.07) is 0. The molecule has 2 rings (SSSR count). The van der Waals surface area contributed by atoms with Gasteiger partial charge in [-0.05, 0) is 62.4 Å². The van der Waals surface area contributed by atoms with Crippen LogP contribution in [0.15, 0.2) is 11.8 Å². The number of rotatable bonds is 5. The Morgan fingerprint density at radius 1 is 1.00 bits per heavy atom.